The summed E-state index contributed by atoms with van der Waals surface area (Å²) >= 11 is 13.0. The van der Waals surface area contributed by atoms with E-state index in [-0.39, 0.29) is 0 Å². The van der Waals surface area contributed by atoms with Crippen molar-refractivity contribution in [1.82, 2.24) is 0 Å². The Balaban J connectivity index is 2.09. The Labute approximate surface area is 131 Å². The number of benzene rings is 2. The summed E-state index contributed by atoms with van der Waals surface area (Å²) < 4.78 is 0. The molecule has 2 aromatic rings. The standard InChI is InChI=1S/C15H12Cl2O2S/c16-11-3-1-10(2-4-11)9-14(15(18)19)20-13-7-5-12(17)6-8-13/h1-8,14H,9H2,(H,18,19)/t14-/m0/s1. The van der Waals surface area contributed by atoms with Crippen LogP contribution in [0.3, 0.4) is 0 Å². The Hall–Kier alpha value is -1.16. The lowest BCUT2D eigenvalue weighted by Gasteiger charge is -2.12. The molecule has 0 saturated carbocycles. The highest BCUT2D eigenvalue weighted by Gasteiger charge is 2.19. The zero-order valence-corrected chi connectivity index (χ0v) is 12.8. The van der Waals surface area contributed by atoms with Crippen LogP contribution in [-0.2, 0) is 11.2 Å². The number of carbonyl (C=O) groups is 1. The largest absolute Gasteiger partial charge is 0.480 e. The van der Waals surface area contributed by atoms with Crippen LogP contribution in [0.15, 0.2) is 53.4 Å². The Bertz CT molecular complexity index is 534. The van der Waals surface area contributed by atoms with E-state index in [9.17, 15) is 9.90 Å². The van der Waals surface area contributed by atoms with Crippen molar-refractivity contribution in [2.24, 2.45) is 0 Å². The quantitative estimate of drug-likeness (QED) is 0.803. The molecule has 0 aromatic heterocycles. The molecule has 2 rings (SSSR count). The fourth-order valence-corrected chi connectivity index (χ4v) is 2.94. The minimum absolute atomic E-state index is 0.444. The average Bonchev–Trinajstić information content (AvgIpc) is 2.42. The summed E-state index contributed by atoms with van der Waals surface area (Å²) in [4.78, 5) is 12.3. The number of halogens is 2. The first kappa shape index (κ1) is 15.2. The zero-order chi connectivity index (χ0) is 14.5. The van der Waals surface area contributed by atoms with Crippen LogP contribution < -0.4 is 0 Å². The smallest absolute Gasteiger partial charge is 0.317 e. The van der Waals surface area contributed by atoms with Gasteiger partial charge < -0.3 is 5.11 Å². The van der Waals surface area contributed by atoms with Gasteiger partial charge in [-0.15, -0.1) is 11.8 Å². The van der Waals surface area contributed by atoms with Gasteiger partial charge in [0.1, 0.15) is 5.25 Å². The van der Waals surface area contributed by atoms with Crippen molar-refractivity contribution in [3.8, 4) is 0 Å². The fourth-order valence-electron chi connectivity index (χ4n) is 1.69. The van der Waals surface area contributed by atoms with Crippen LogP contribution in [0.5, 0.6) is 0 Å². The van der Waals surface area contributed by atoms with Gasteiger partial charge >= 0.3 is 5.97 Å². The van der Waals surface area contributed by atoms with Crippen LogP contribution in [0.1, 0.15) is 5.56 Å². The molecule has 0 aliphatic carbocycles. The second-order valence-electron chi connectivity index (χ2n) is 4.23. The molecule has 0 spiro atoms. The summed E-state index contributed by atoms with van der Waals surface area (Å²) in [5.74, 6) is -0.833. The molecule has 0 radical (unpaired) electrons. The minimum Gasteiger partial charge on any atom is -0.480 e. The number of thioether (sulfide) groups is 1. The second-order valence-corrected chi connectivity index (χ2v) is 6.38. The van der Waals surface area contributed by atoms with Crippen molar-refractivity contribution in [3.63, 3.8) is 0 Å². The Morgan fingerprint density at radius 2 is 1.50 bits per heavy atom. The first-order valence-electron chi connectivity index (χ1n) is 5.94. The van der Waals surface area contributed by atoms with Gasteiger partial charge in [0.2, 0.25) is 0 Å². The molecule has 0 unspecified atom stereocenters. The van der Waals surface area contributed by atoms with Gasteiger partial charge in [-0.2, -0.15) is 0 Å². The molecule has 0 amide bonds. The van der Waals surface area contributed by atoms with Crippen LogP contribution in [0.25, 0.3) is 0 Å². The minimum atomic E-state index is -0.833. The maximum atomic E-state index is 11.4. The summed E-state index contributed by atoms with van der Waals surface area (Å²) in [6.45, 7) is 0. The molecule has 0 bridgehead atoms. The maximum absolute atomic E-state index is 11.4. The molecular weight excluding hydrogens is 315 g/mol. The normalized spacial score (nSPS) is 12.1. The number of aliphatic carboxylic acids is 1. The van der Waals surface area contributed by atoms with E-state index in [1.165, 1.54) is 11.8 Å². The molecule has 2 nitrogen and oxygen atoms in total. The van der Waals surface area contributed by atoms with Crippen molar-refractivity contribution in [3.05, 3.63) is 64.1 Å². The molecule has 2 aromatic carbocycles. The lowest BCUT2D eigenvalue weighted by molar-refractivity contribution is -0.136. The molecule has 1 N–H and O–H groups in total. The first-order valence-corrected chi connectivity index (χ1v) is 7.57. The lowest BCUT2D eigenvalue weighted by Crippen LogP contribution is -2.19. The van der Waals surface area contributed by atoms with Gasteiger partial charge in [-0.3, -0.25) is 4.79 Å². The van der Waals surface area contributed by atoms with E-state index in [2.05, 4.69) is 0 Å². The molecule has 20 heavy (non-hydrogen) atoms. The number of hydrogen-bond acceptors (Lipinski definition) is 2. The number of carboxylic acid groups (broad SMARTS) is 1. The molecule has 104 valence electrons. The third kappa shape index (κ3) is 4.44. The van der Waals surface area contributed by atoms with Gasteiger partial charge in [0.25, 0.3) is 0 Å². The first-order chi connectivity index (χ1) is 9.54. The molecule has 0 heterocycles. The topological polar surface area (TPSA) is 37.3 Å². The SMILES string of the molecule is O=C(O)[C@H](Cc1ccc(Cl)cc1)Sc1ccc(Cl)cc1. The molecule has 0 fully saturated rings. The van der Waals surface area contributed by atoms with Gasteiger partial charge in [-0.25, -0.2) is 0 Å². The van der Waals surface area contributed by atoms with Crippen LogP contribution >= 0.6 is 35.0 Å². The van der Waals surface area contributed by atoms with E-state index in [0.29, 0.717) is 16.5 Å². The summed E-state index contributed by atoms with van der Waals surface area (Å²) in [7, 11) is 0. The van der Waals surface area contributed by atoms with Crippen molar-refractivity contribution in [2.75, 3.05) is 0 Å². The van der Waals surface area contributed by atoms with Crippen LogP contribution in [-0.4, -0.2) is 16.3 Å². The molecule has 0 saturated heterocycles. The van der Waals surface area contributed by atoms with Crippen molar-refractivity contribution < 1.29 is 9.90 Å². The highest BCUT2D eigenvalue weighted by molar-refractivity contribution is 8.00. The predicted octanol–water partition coefficient (Wildman–Crippen LogP) is 4.78. The molecule has 0 aliphatic heterocycles. The van der Waals surface area contributed by atoms with E-state index in [0.717, 1.165) is 10.5 Å². The Morgan fingerprint density at radius 1 is 1.00 bits per heavy atom. The van der Waals surface area contributed by atoms with Crippen LogP contribution in [0, 0.1) is 0 Å². The summed E-state index contributed by atoms with van der Waals surface area (Å²) in [5.41, 5.74) is 0.947. The molecule has 0 aliphatic rings. The number of rotatable bonds is 5. The van der Waals surface area contributed by atoms with Crippen molar-refractivity contribution in [1.29, 1.82) is 0 Å². The average molecular weight is 327 g/mol. The van der Waals surface area contributed by atoms with Gasteiger partial charge in [0, 0.05) is 14.9 Å². The van der Waals surface area contributed by atoms with Crippen molar-refractivity contribution in [2.45, 2.75) is 16.6 Å². The Kier molecular flexibility index (Phi) is 5.35. The Morgan fingerprint density at radius 3 is 2.00 bits per heavy atom. The zero-order valence-electron chi connectivity index (χ0n) is 10.4. The summed E-state index contributed by atoms with van der Waals surface area (Å²) in [5, 5.41) is 10.1. The van der Waals surface area contributed by atoms with Gasteiger partial charge in [-0.1, -0.05) is 35.3 Å². The monoisotopic (exact) mass is 326 g/mol. The molecule has 1 atom stereocenters. The van der Waals surface area contributed by atoms with E-state index in [4.69, 9.17) is 23.2 Å². The molecular formula is C15H12Cl2O2S. The lowest BCUT2D eigenvalue weighted by atomic mass is 10.1. The van der Waals surface area contributed by atoms with E-state index in [1.54, 1.807) is 24.3 Å². The van der Waals surface area contributed by atoms with Crippen LogP contribution in [0.4, 0.5) is 0 Å². The third-order valence-electron chi connectivity index (χ3n) is 2.70. The van der Waals surface area contributed by atoms with E-state index >= 15 is 0 Å². The number of hydrogen-bond donors (Lipinski definition) is 1. The highest BCUT2D eigenvalue weighted by atomic mass is 35.5. The summed E-state index contributed by atoms with van der Waals surface area (Å²) in [6.07, 6.45) is 0.444. The highest BCUT2D eigenvalue weighted by Crippen LogP contribution is 2.27. The van der Waals surface area contributed by atoms with Gasteiger partial charge in [0.15, 0.2) is 0 Å². The summed E-state index contributed by atoms with van der Waals surface area (Å²) in [6, 6.07) is 14.4. The van der Waals surface area contributed by atoms with Gasteiger partial charge in [-0.05, 0) is 48.4 Å². The van der Waals surface area contributed by atoms with E-state index in [1.807, 2.05) is 24.3 Å². The second kappa shape index (κ2) is 7.02. The predicted molar refractivity (Wildman–Crippen MR) is 83.9 cm³/mol. The molecule has 5 heteroatoms. The van der Waals surface area contributed by atoms with Gasteiger partial charge in [0.05, 0.1) is 0 Å². The third-order valence-corrected chi connectivity index (χ3v) is 4.40. The number of carboxylic acids is 1. The van der Waals surface area contributed by atoms with Crippen molar-refractivity contribution >= 4 is 40.9 Å². The van der Waals surface area contributed by atoms with E-state index < -0.39 is 11.2 Å². The maximum Gasteiger partial charge on any atom is 0.317 e. The fraction of sp³-hybridized carbons (Fsp3) is 0.133. The van der Waals surface area contributed by atoms with Crippen LogP contribution in [0.2, 0.25) is 10.0 Å².